The van der Waals surface area contributed by atoms with E-state index in [1.54, 1.807) is 19.4 Å². The average molecular weight is 338 g/mol. The number of rotatable bonds is 5. The molecule has 0 atom stereocenters. The van der Waals surface area contributed by atoms with Crippen molar-refractivity contribution in [2.24, 2.45) is 0 Å². The second-order valence-corrected chi connectivity index (χ2v) is 6.30. The Morgan fingerprint density at radius 2 is 2.08 bits per heavy atom. The van der Waals surface area contributed by atoms with Crippen LogP contribution in [0.2, 0.25) is 0 Å². The molecule has 0 radical (unpaired) electrons. The fourth-order valence-electron chi connectivity index (χ4n) is 3.27. The summed E-state index contributed by atoms with van der Waals surface area (Å²) < 4.78 is 7.31. The standard InChI is InChI=1S/C18H22N6O/c1-25-17-5-8-19-18(22-17)21-14-6-10-23(11-7-14)13-15-12-20-16-4-2-3-9-24(15)16/h2-5,8-9,12,14H,6-7,10-11,13H2,1H3,(H,19,21,22). The Balaban J connectivity index is 1.33. The van der Waals surface area contributed by atoms with Gasteiger partial charge in [-0.3, -0.25) is 4.90 Å². The van der Waals surface area contributed by atoms with Crippen molar-refractivity contribution < 1.29 is 4.74 Å². The lowest BCUT2D eigenvalue weighted by molar-refractivity contribution is 0.208. The Morgan fingerprint density at radius 1 is 1.20 bits per heavy atom. The van der Waals surface area contributed by atoms with E-state index in [4.69, 9.17) is 4.74 Å². The first kappa shape index (κ1) is 15.8. The molecule has 1 fully saturated rings. The summed E-state index contributed by atoms with van der Waals surface area (Å²) in [6.07, 6.45) is 7.90. The summed E-state index contributed by atoms with van der Waals surface area (Å²) in [5.41, 5.74) is 2.24. The van der Waals surface area contributed by atoms with Gasteiger partial charge in [0.05, 0.1) is 19.0 Å². The van der Waals surface area contributed by atoms with Gasteiger partial charge >= 0.3 is 0 Å². The van der Waals surface area contributed by atoms with Gasteiger partial charge in [-0.15, -0.1) is 0 Å². The Hall–Kier alpha value is -2.67. The lowest BCUT2D eigenvalue weighted by atomic mass is 10.1. The van der Waals surface area contributed by atoms with Crippen LogP contribution in [0, 0.1) is 0 Å². The largest absolute Gasteiger partial charge is 0.481 e. The van der Waals surface area contributed by atoms with Crippen LogP contribution in [0.15, 0.2) is 42.9 Å². The van der Waals surface area contributed by atoms with Gasteiger partial charge in [0, 0.05) is 44.1 Å². The van der Waals surface area contributed by atoms with Crippen LogP contribution >= 0.6 is 0 Å². The van der Waals surface area contributed by atoms with E-state index in [2.05, 4.69) is 35.8 Å². The van der Waals surface area contributed by atoms with Crippen molar-refractivity contribution in [3.05, 3.63) is 48.5 Å². The maximum absolute atomic E-state index is 5.15. The predicted molar refractivity (Wildman–Crippen MR) is 95.7 cm³/mol. The van der Waals surface area contributed by atoms with Crippen LogP contribution < -0.4 is 10.1 Å². The van der Waals surface area contributed by atoms with E-state index < -0.39 is 0 Å². The minimum absolute atomic E-state index is 0.394. The molecular formula is C18H22N6O. The van der Waals surface area contributed by atoms with Crippen molar-refractivity contribution in [1.29, 1.82) is 0 Å². The maximum Gasteiger partial charge on any atom is 0.226 e. The molecule has 0 aromatic carbocycles. The highest BCUT2D eigenvalue weighted by molar-refractivity contribution is 5.39. The maximum atomic E-state index is 5.15. The molecule has 7 heteroatoms. The average Bonchev–Trinajstić information content (AvgIpc) is 3.07. The van der Waals surface area contributed by atoms with Gasteiger partial charge in [-0.25, -0.2) is 9.97 Å². The Labute approximate surface area is 146 Å². The van der Waals surface area contributed by atoms with Crippen LogP contribution in [0.25, 0.3) is 5.65 Å². The van der Waals surface area contributed by atoms with Gasteiger partial charge in [-0.05, 0) is 25.0 Å². The first-order valence-electron chi connectivity index (χ1n) is 8.59. The van der Waals surface area contributed by atoms with Gasteiger partial charge in [0.15, 0.2) is 0 Å². The van der Waals surface area contributed by atoms with Crippen LogP contribution in [0.5, 0.6) is 5.88 Å². The molecule has 0 unspecified atom stereocenters. The zero-order valence-electron chi connectivity index (χ0n) is 14.3. The monoisotopic (exact) mass is 338 g/mol. The molecule has 1 aliphatic rings. The first-order chi connectivity index (χ1) is 12.3. The highest BCUT2D eigenvalue weighted by atomic mass is 16.5. The fourth-order valence-corrected chi connectivity index (χ4v) is 3.27. The molecule has 0 bridgehead atoms. The minimum atomic E-state index is 0.394. The van der Waals surface area contributed by atoms with Crippen molar-refractivity contribution in [2.75, 3.05) is 25.5 Å². The topological polar surface area (TPSA) is 67.6 Å². The van der Waals surface area contributed by atoms with Gasteiger partial charge in [-0.1, -0.05) is 6.07 Å². The lowest BCUT2D eigenvalue weighted by Gasteiger charge is -2.32. The van der Waals surface area contributed by atoms with Gasteiger partial charge in [0.1, 0.15) is 5.65 Å². The number of hydrogen-bond donors (Lipinski definition) is 1. The van der Waals surface area contributed by atoms with E-state index in [0.717, 1.165) is 38.1 Å². The second kappa shape index (κ2) is 7.06. The molecule has 0 saturated carbocycles. The van der Waals surface area contributed by atoms with Crippen LogP contribution in [-0.4, -0.2) is 50.5 Å². The summed E-state index contributed by atoms with van der Waals surface area (Å²) in [6, 6.07) is 8.25. The zero-order chi connectivity index (χ0) is 17.1. The van der Waals surface area contributed by atoms with E-state index in [0.29, 0.717) is 17.9 Å². The van der Waals surface area contributed by atoms with Crippen molar-refractivity contribution in [1.82, 2.24) is 24.3 Å². The third-order valence-electron chi connectivity index (χ3n) is 4.64. The van der Waals surface area contributed by atoms with Gasteiger partial charge < -0.3 is 14.5 Å². The Morgan fingerprint density at radius 3 is 2.92 bits per heavy atom. The molecule has 7 nitrogen and oxygen atoms in total. The minimum Gasteiger partial charge on any atom is -0.481 e. The number of likely N-dealkylation sites (tertiary alicyclic amines) is 1. The van der Waals surface area contributed by atoms with Gasteiger partial charge in [-0.2, -0.15) is 4.98 Å². The van der Waals surface area contributed by atoms with Crippen molar-refractivity contribution in [2.45, 2.75) is 25.4 Å². The smallest absolute Gasteiger partial charge is 0.226 e. The number of nitrogens with zero attached hydrogens (tertiary/aromatic N) is 5. The number of piperidine rings is 1. The van der Waals surface area contributed by atoms with E-state index in [9.17, 15) is 0 Å². The highest BCUT2D eigenvalue weighted by Gasteiger charge is 2.20. The molecule has 0 spiro atoms. The summed E-state index contributed by atoms with van der Waals surface area (Å²) >= 11 is 0. The summed E-state index contributed by atoms with van der Waals surface area (Å²) in [5, 5.41) is 3.42. The zero-order valence-corrected chi connectivity index (χ0v) is 14.3. The number of imidazole rings is 1. The van der Waals surface area contributed by atoms with Gasteiger partial charge in [0.25, 0.3) is 0 Å². The molecule has 4 rings (SSSR count). The third-order valence-corrected chi connectivity index (χ3v) is 4.64. The molecule has 0 aliphatic carbocycles. The van der Waals surface area contributed by atoms with Crippen LogP contribution in [-0.2, 0) is 6.54 Å². The quantitative estimate of drug-likeness (QED) is 0.769. The van der Waals surface area contributed by atoms with Crippen molar-refractivity contribution in [3.8, 4) is 5.88 Å². The second-order valence-electron chi connectivity index (χ2n) is 6.30. The van der Waals surface area contributed by atoms with E-state index in [1.807, 2.05) is 24.4 Å². The first-order valence-corrected chi connectivity index (χ1v) is 8.59. The molecule has 1 N–H and O–H groups in total. The number of methoxy groups -OCH3 is 1. The third kappa shape index (κ3) is 3.56. The molecule has 130 valence electrons. The SMILES string of the molecule is COc1ccnc(NC2CCN(Cc3cnc4ccccn34)CC2)n1. The van der Waals surface area contributed by atoms with E-state index >= 15 is 0 Å². The molecule has 1 saturated heterocycles. The number of ether oxygens (including phenoxy) is 1. The number of hydrogen-bond acceptors (Lipinski definition) is 6. The fraction of sp³-hybridized carbons (Fsp3) is 0.389. The summed E-state index contributed by atoms with van der Waals surface area (Å²) in [5.74, 6) is 1.22. The van der Waals surface area contributed by atoms with E-state index in [-0.39, 0.29) is 0 Å². The van der Waals surface area contributed by atoms with Crippen LogP contribution in [0.4, 0.5) is 5.95 Å². The molecule has 4 heterocycles. The van der Waals surface area contributed by atoms with E-state index in [1.165, 1.54) is 5.69 Å². The number of nitrogens with one attached hydrogen (secondary N) is 1. The molecule has 25 heavy (non-hydrogen) atoms. The predicted octanol–water partition coefficient (Wildman–Crippen LogP) is 2.21. The van der Waals surface area contributed by atoms with Gasteiger partial charge in [0.2, 0.25) is 11.8 Å². The Bertz CT molecular complexity index is 840. The normalized spacial score (nSPS) is 16.2. The number of aromatic nitrogens is 4. The van der Waals surface area contributed by atoms with Crippen molar-refractivity contribution in [3.63, 3.8) is 0 Å². The molecule has 1 aliphatic heterocycles. The molecular weight excluding hydrogens is 316 g/mol. The molecule has 3 aromatic heterocycles. The van der Waals surface area contributed by atoms with Crippen molar-refractivity contribution >= 4 is 11.6 Å². The summed E-state index contributed by atoms with van der Waals surface area (Å²) in [6.45, 7) is 3.01. The molecule has 3 aromatic rings. The van der Waals surface area contributed by atoms with Crippen LogP contribution in [0.1, 0.15) is 18.5 Å². The summed E-state index contributed by atoms with van der Waals surface area (Å²) in [7, 11) is 1.62. The highest BCUT2D eigenvalue weighted by Crippen LogP contribution is 2.18. The number of anilines is 1. The Kier molecular flexibility index (Phi) is 4.47. The molecule has 0 amide bonds. The summed E-state index contributed by atoms with van der Waals surface area (Å²) in [4.78, 5) is 15.5. The number of fused-ring (bicyclic) bond motifs is 1. The lowest BCUT2D eigenvalue weighted by Crippen LogP contribution is -2.39. The van der Waals surface area contributed by atoms with Crippen LogP contribution in [0.3, 0.4) is 0 Å². The number of pyridine rings is 1.